The zero-order valence-electron chi connectivity index (χ0n) is 7.21. The van der Waals surface area contributed by atoms with Crippen molar-refractivity contribution in [2.75, 3.05) is 7.11 Å². The largest absolute Gasteiger partial charge is 0.494 e. The molecule has 1 rings (SSSR count). The Morgan fingerprint density at radius 1 is 1.43 bits per heavy atom. The third-order valence-electron chi connectivity index (χ3n) is 1.52. The van der Waals surface area contributed by atoms with Gasteiger partial charge >= 0.3 is 0 Å². The van der Waals surface area contributed by atoms with Crippen LogP contribution in [0.3, 0.4) is 0 Å². The molecule has 0 radical (unpaired) electrons. The van der Waals surface area contributed by atoms with E-state index in [2.05, 4.69) is 4.74 Å². The fourth-order valence-corrected chi connectivity index (χ4v) is 0.917. The molecule has 0 aliphatic carbocycles. The van der Waals surface area contributed by atoms with Crippen LogP contribution in [0.1, 0.15) is 10.4 Å². The lowest BCUT2D eigenvalue weighted by molar-refractivity contribution is 0.0991. The van der Waals surface area contributed by atoms with Gasteiger partial charge in [-0.25, -0.2) is 8.78 Å². The molecule has 0 heterocycles. The Morgan fingerprint density at radius 2 is 2.00 bits per heavy atom. The molecule has 2 N–H and O–H groups in total. The number of ether oxygens (including phenoxy) is 1. The standard InChI is InChI=1S/C8H7F2NO2.ClH/c1-13-5-3-2-4(9)6(7(5)10)8(11)12;/h2-3H,1H3,(H2,11,12);1H. The number of halogens is 3. The monoisotopic (exact) mass is 223 g/mol. The molecule has 3 nitrogen and oxygen atoms in total. The summed E-state index contributed by atoms with van der Waals surface area (Å²) in [5.74, 6) is -3.44. The van der Waals surface area contributed by atoms with E-state index in [1.807, 2.05) is 0 Å². The topological polar surface area (TPSA) is 52.3 Å². The molecule has 0 spiro atoms. The van der Waals surface area contributed by atoms with Crippen molar-refractivity contribution in [2.45, 2.75) is 0 Å². The van der Waals surface area contributed by atoms with Gasteiger partial charge in [-0.15, -0.1) is 12.4 Å². The van der Waals surface area contributed by atoms with Gasteiger partial charge in [0.2, 0.25) is 0 Å². The summed E-state index contributed by atoms with van der Waals surface area (Å²) in [6, 6.07) is 2.00. The van der Waals surface area contributed by atoms with Crippen LogP contribution in [-0.4, -0.2) is 13.0 Å². The van der Waals surface area contributed by atoms with Gasteiger partial charge in [0, 0.05) is 0 Å². The lowest BCUT2D eigenvalue weighted by Crippen LogP contribution is -2.16. The Labute approximate surface area is 85.3 Å². The van der Waals surface area contributed by atoms with E-state index in [1.54, 1.807) is 0 Å². The molecule has 0 fully saturated rings. The van der Waals surface area contributed by atoms with Gasteiger partial charge in [-0.2, -0.15) is 0 Å². The zero-order chi connectivity index (χ0) is 10.0. The van der Waals surface area contributed by atoms with Gasteiger partial charge < -0.3 is 10.5 Å². The van der Waals surface area contributed by atoms with Gasteiger partial charge in [-0.05, 0) is 12.1 Å². The molecular weight excluding hydrogens is 216 g/mol. The quantitative estimate of drug-likeness (QED) is 0.826. The molecule has 14 heavy (non-hydrogen) atoms. The van der Waals surface area contributed by atoms with Crippen molar-refractivity contribution in [3.8, 4) is 5.75 Å². The Bertz CT molecular complexity index is 357. The molecule has 1 amide bonds. The minimum absolute atomic E-state index is 0. The lowest BCUT2D eigenvalue weighted by atomic mass is 10.2. The molecule has 6 heteroatoms. The van der Waals surface area contributed by atoms with E-state index in [0.29, 0.717) is 0 Å². The number of rotatable bonds is 2. The first-order valence-electron chi connectivity index (χ1n) is 3.39. The Balaban J connectivity index is 0.00000169. The van der Waals surface area contributed by atoms with Crippen LogP contribution in [0.4, 0.5) is 8.78 Å². The van der Waals surface area contributed by atoms with Crippen molar-refractivity contribution in [3.63, 3.8) is 0 Å². The average Bonchev–Trinajstić information content (AvgIpc) is 2.04. The highest BCUT2D eigenvalue weighted by Gasteiger charge is 2.18. The van der Waals surface area contributed by atoms with Crippen LogP contribution in [0.25, 0.3) is 0 Å². The van der Waals surface area contributed by atoms with Gasteiger partial charge in [0.1, 0.15) is 11.4 Å². The first-order valence-corrected chi connectivity index (χ1v) is 3.39. The second-order valence-electron chi connectivity index (χ2n) is 2.30. The van der Waals surface area contributed by atoms with Crippen LogP contribution < -0.4 is 10.5 Å². The summed E-state index contributed by atoms with van der Waals surface area (Å²) in [6.45, 7) is 0. The van der Waals surface area contributed by atoms with Crippen molar-refractivity contribution in [2.24, 2.45) is 5.73 Å². The normalized spacial score (nSPS) is 9.07. The number of amides is 1. The molecule has 0 saturated heterocycles. The zero-order valence-corrected chi connectivity index (χ0v) is 8.03. The first kappa shape index (κ1) is 12.6. The third kappa shape index (κ3) is 2.11. The van der Waals surface area contributed by atoms with Gasteiger partial charge in [0.15, 0.2) is 11.6 Å². The third-order valence-corrected chi connectivity index (χ3v) is 1.52. The van der Waals surface area contributed by atoms with Crippen LogP contribution in [0, 0.1) is 11.6 Å². The molecule has 0 bridgehead atoms. The van der Waals surface area contributed by atoms with Gasteiger partial charge in [0.25, 0.3) is 5.91 Å². The first-order chi connectivity index (χ1) is 6.07. The summed E-state index contributed by atoms with van der Waals surface area (Å²) < 4.78 is 30.5. The number of primary amides is 1. The van der Waals surface area contributed by atoms with Gasteiger partial charge in [-0.1, -0.05) is 0 Å². The number of hydrogen-bond acceptors (Lipinski definition) is 2. The number of nitrogens with two attached hydrogens (primary N) is 1. The average molecular weight is 224 g/mol. The molecule has 0 atom stereocenters. The van der Waals surface area contributed by atoms with Crippen LogP contribution in [0.5, 0.6) is 5.75 Å². The van der Waals surface area contributed by atoms with E-state index < -0.39 is 23.1 Å². The Kier molecular flexibility index (Phi) is 4.30. The van der Waals surface area contributed by atoms with Crippen molar-refractivity contribution in [1.82, 2.24) is 0 Å². The van der Waals surface area contributed by atoms with Crippen molar-refractivity contribution in [1.29, 1.82) is 0 Å². The molecule has 0 aliphatic rings. The van der Waals surface area contributed by atoms with E-state index in [0.717, 1.165) is 12.1 Å². The number of benzene rings is 1. The Hall–Kier alpha value is -1.36. The summed E-state index contributed by atoms with van der Waals surface area (Å²) in [5.41, 5.74) is 3.99. The Morgan fingerprint density at radius 3 is 2.43 bits per heavy atom. The summed E-state index contributed by atoms with van der Waals surface area (Å²) in [4.78, 5) is 10.6. The smallest absolute Gasteiger partial charge is 0.254 e. The predicted octanol–water partition coefficient (Wildman–Crippen LogP) is 1.49. The highest BCUT2D eigenvalue weighted by atomic mass is 35.5. The van der Waals surface area contributed by atoms with Crippen molar-refractivity contribution >= 4 is 18.3 Å². The molecule has 0 saturated carbocycles. The summed E-state index contributed by atoms with van der Waals surface area (Å²) in [7, 11) is 1.21. The van der Waals surface area contributed by atoms with Gasteiger partial charge in [-0.3, -0.25) is 4.79 Å². The number of carbonyl (C=O) groups excluding carboxylic acids is 1. The SMILES string of the molecule is COc1ccc(F)c(C(N)=O)c1F.Cl. The van der Waals surface area contributed by atoms with Crippen LogP contribution >= 0.6 is 12.4 Å². The number of carbonyl (C=O) groups is 1. The van der Waals surface area contributed by atoms with Gasteiger partial charge in [0.05, 0.1) is 7.11 Å². The highest BCUT2D eigenvalue weighted by Crippen LogP contribution is 2.22. The fraction of sp³-hybridized carbons (Fsp3) is 0.125. The molecule has 78 valence electrons. The summed E-state index contributed by atoms with van der Waals surface area (Å²) in [5, 5.41) is 0. The lowest BCUT2D eigenvalue weighted by Gasteiger charge is -2.05. The van der Waals surface area contributed by atoms with Crippen LogP contribution in [0.2, 0.25) is 0 Å². The number of hydrogen-bond donors (Lipinski definition) is 1. The molecule has 1 aromatic carbocycles. The highest BCUT2D eigenvalue weighted by molar-refractivity contribution is 5.93. The van der Waals surface area contributed by atoms with Crippen molar-refractivity contribution < 1.29 is 18.3 Å². The van der Waals surface area contributed by atoms with Crippen molar-refractivity contribution in [3.05, 3.63) is 29.3 Å². The second-order valence-corrected chi connectivity index (χ2v) is 2.30. The summed E-state index contributed by atoms with van der Waals surface area (Å²) >= 11 is 0. The summed E-state index contributed by atoms with van der Waals surface area (Å²) in [6.07, 6.45) is 0. The second kappa shape index (κ2) is 4.76. The molecular formula is C8H8ClF2NO2. The maximum Gasteiger partial charge on any atom is 0.254 e. The van der Waals surface area contributed by atoms with Crippen LogP contribution in [0.15, 0.2) is 12.1 Å². The molecule has 0 unspecified atom stereocenters. The minimum Gasteiger partial charge on any atom is -0.494 e. The molecule has 0 aromatic heterocycles. The maximum absolute atomic E-state index is 13.1. The minimum atomic E-state index is -1.16. The maximum atomic E-state index is 13.1. The van der Waals surface area contributed by atoms with E-state index in [9.17, 15) is 13.6 Å². The molecule has 1 aromatic rings. The molecule has 0 aliphatic heterocycles. The number of methoxy groups -OCH3 is 1. The van der Waals surface area contributed by atoms with E-state index in [-0.39, 0.29) is 18.2 Å². The predicted molar refractivity (Wildman–Crippen MR) is 48.7 cm³/mol. The van der Waals surface area contributed by atoms with Crippen LogP contribution in [-0.2, 0) is 0 Å². The fourth-order valence-electron chi connectivity index (χ4n) is 0.917. The van der Waals surface area contributed by atoms with E-state index >= 15 is 0 Å². The van der Waals surface area contributed by atoms with E-state index in [4.69, 9.17) is 5.73 Å². The van der Waals surface area contributed by atoms with E-state index in [1.165, 1.54) is 7.11 Å².